The number of nitrogen functional groups attached to an aromatic ring is 1. The molecule has 1 aliphatic carbocycles. The molecule has 0 radical (unpaired) electrons. The van der Waals surface area contributed by atoms with E-state index in [1.165, 1.54) is 12.8 Å². The SMILES string of the molecule is Nc1cc(Cl)ccc1-c1nc(C2CCCC2)no1. The summed E-state index contributed by atoms with van der Waals surface area (Å²) in [6.45, 7) is 0. The van der Waals surface area contributed by atoms with E-state index < -0.39 is 0 Å². The van der Waals surface area contributed by atoms with Gasteiger partial charge in [-0.1, -0.05) is 29.6 Å². The lowest BCUT2D eigenvalue weighted by Gasteiger charge is -2.01. The monoisotopic (exact) mass is 263 g/mol. The summed E-state index contributed by atoms with van der Waals surface area (Å²) in [5.74, 6) is 1.72. The molecular weight excluding hydrogens is 250 g/mol. The van der Waals surface area contributed by atoms with E-state index in [4.69, 9.17) is 21.9 Å². The number of hydrogen-bond donors (Lipinski definition) is 1. The molecule has 0 atom stereocenters. The first-order valence-electron chi connectivity index (χ1n) is 6.13. The molecule has 4 nitrogen and oxygen atoms in total. The van der Waals surface area contributed by atoms with E-state index >= 15 is 0 Å². The lowest BCUT2D eigenvalue weighted by molar-refractivity contribution is 0.416. The Morgan fingerprint density at radius 3 is 2.78 bits per heavy atom. The minimum absolute atomic E-state index is 0.441. The van der Waals surface area contributed by atoms with E-state index in [0.29, 0.717) is 22.5 Å². The summed E-state index contributed by atoms with van der Waals surface area (Å²) in [6, 6.07) is 5.27. The molecule has 3 rings (SSSR count). The van der Waals surface area contributed by atoms with Crippen LogP contribution in [0.5, 0.6) is 0 Å². The van der Waals surface area contributed by atoms with Gasteiger partial charge in [-0.25, -0.2) is 0 Å². The van der Waals surface area contributed by atoms with Crippen LogP contribution in [0.2, 0.25) is 5.02 Å². The van der Waals surface area contributed by atoms with Crippen molar-refractivity contribution >= 4 is 17.3 Å². The Kier molecular flexibility index (Phi) is 2.96. The number of nitrogens with zero attached hydrogens (tertiary/aromatic N) is 2. The van der Waals surface area contributed by atoms with Crippen LogP contribution in [0.3, 0.4) is 0 Å². The molecule has 18 heavy (non-hydrogen) atoms. The Morgan fingerprint density at radius 1 is 1.28 bits per heavy atom. The average molecular weight is 264 g/mol. The molecule has 5 heteroatoms. The molecule has 1 fully saturated rings. The fourth-order valence-electron chi connectivity index (χ4n) is 2.42. The van der Waals surface area contributed by atoms with Crippen molar-refractivity contribution in [2.24, 2.45) is 0 Å². The van der Waals surface area contributed by atoms with Crippen LogP contribution in [-0.4, -0.2) is 10.1 Å². The molecule has 0 bridgehead atoms. The van der Waals surface area contributed by atoms with Crippen molar-refractivity contribution in [3.63, 3.8) is 0 Å². The third kappa shape index (κ3) is 2.08. The number of nitrogens with two attached hydrogens (primary N) is 1. The minimum atomic E-state index is 0.441. The molecule has 0 aliphatic heterocycles. The van der Waals surface area contributed by atoms with Crippen LogP contribution in [0.25, 0.3) is 11.5 Å². The van der Waals surface area contributed by atoms with Crippen LogP contribution in [0.15, 0.2) is 22.7 Å². The highest BCUT2D eigenvalue weighted by Gasteiger charge is 2.23. The predicted octanol–water partition coefficient (Wildman–Crippen LogP) is 3.63. The Bertz CT molecular complexity index is 561. The molecule has 1 heterocycles. The summed E-state index contributed by atoms with van der Waals surface area (Å²) >= 11 is 5.87. The fraction of sp³-hybridized carbons (Fsp3) is 0.385. The zero-order valence-electron chi connectivity index (χ0n) is 9.90. The van der Waals surface area contributed by atoms with Crippen LogP contribution in [0, 0.1) is 0 Å². The first kappa shape index (κ1) is 11.5. The Balaban J connectivity index is 1.92. The third-order valence-electron chi connectivity index (χ3n) is 3.41. The van der Waals surface area contributed by atoms with Crippen molar-refractivity contribution in [1.29, 1.82) is 0 Å². The topological polar surface area (TPSA) is 64.9 Å². The standard InChI is InChI=1S/C13H14ClN3O/c14-9-5-6-10(11(15)7-9)13-16-12(17-18-13)8-3-1-2-4-8/h5-8H,1-4,15H2. The van der Waals surface area contributed by atoms with Crippen molar-refractivity contribution in [2.75, 3.05) is 5.73 Å². The maximum Gasteiger partial charge on any atom is 0.260 e. The third-order valence-corrected chi connectivity index (χ3v) is 3.64. The highest BCUT2D eigenvalue weighted by atomic mass is 35.5. The lowest BCUT2D eigenvalue weighted by atomic mass is 10.1. The van der Waals surface area contributed by atoms with Gasteiger partial charge in [-0.15, -0.1) is 0 Å². The maximum atomic E-state index is 5.90. The van der Waals surface area contributed by atoms with E-state index in [0.717, 1.165) is 24.2 Å². The number of halogens is 1. The molecule has 0 spiro atoms. The van der Waals surface area contributed by atoms with Gasteiger partial charge >= 0.3 is 0 Å². The van der Waals surface area contributed by atoms with Gasteiger partial charge in [-0.05, 0) is 31.0 Å². The number of rotatable bonds is 2. The number of anilines is 1. The molecule has 1 aliphatic rings. The molecule has 94 valence electrons. The number of hydrogen-bond acceptors (Lipinski definition) is 4. The molecule has 1 saturated carbocycles. The summed E-state index contributed by atoms with van der Waals surface area (Å²) in [4.78, 5) is 4.45. The molecule has 0 amide bonds. The minimum Gasteiger partial charge on any atom is -0.398 e. The molecular formula is C13H14ClN3O. The normalized spacial score (nSPS) is 16.3. The number of aromatic nitrogens is 2. The molecule has 2 aromatic rings. The van der Waals surface area contributed by atoms with Crippen LogP contribution in [-0.2, 0) is 0 Å². The zero-order valence-corrected chi connectivity index (χ0v) is 10.7. The van der Waals surface area contributed by atoms with Gasteiger partial charge in [0.15, 0.2) is 5.82 Å². The summed E-state index contributed by atoms with van der Waals surface area (Å²) in [5, 5.41) is 4.67. The van der Waals surface area contributed by atoms with Crippen molar-refractivity contribution in [2.45, 2.75) is 31.6 Å². The van der Waals surface area contributed by atoms with Crippen LogP contribution in [0.1, 0.15) is 37.4 Å². The fourth-order valence-corrected chi connectivity index (χ4v) is 2.60. The van der Waals surface area contributed by atoms with Crippen LogP contribution in [0.4, 0.5) is 5.69 Å². The highest BCUT2D eigenvalue weighted by molar-refractivity contribution is 6.31. The summed E-state index contributed by atoms with van der Waals surface area (Å²) in [6.07, 6.45) is 4.79. The van der Waals surface area contributed by atoms with Gasteiger partial charge in [-0.3, -0.25) is 0 Å². The zero-order chi connectivity index (χ0) is 12.5. The number of benzene rings is 1. The van der Waals surface area contributed by atoms with Gasteiger partial charge in [0.1, 0.15) is 0 Å². The van der Waals surface area contributed by atoms with Crippen molar-refractivity contribution in [3.05, 3.63) is 29.0 Å². The van der Waals surface area contributed by atoms with E-state index in [1.54, 1.807) is 12.1 Å². The first-order chi connectivity index (χ1) is 8.74. The summed E-state index contributed by atoms with van der Waals surface area (Å²) in [7, 11) is 0. The van der Waals surface area contributed by atoms with Gasteiger partial charge in [0.2, 0.25) is 0 Å². The van der Waals surface area contributed by atoms with Crippen molar-refractivity contribution < 1.29 is 4.52 Å². The van der Waals surface area contributed by atoms with Crippen molar-refractivity contribution in [1.82, 2.24) is 10.1 Å². The van der Waals surface area contributed by atoms with E-state index in [1.807, 2.05) is 6.07 Å². The van der Waals surface area contributed by atoms with Gasteiger partial charge in [0, 0.05) is 16.6 Å². The van der Waals surface area contributed by atoms with E-state index in [9.17, 15) is 0 Å². The second-order valence-electron chi connectivity index (χ2n) is 4.67. The second kappa shape index (κ2) is 4.61. The predicted molar refractivity (Wildman–Crippen MR) is 70.4 cm³/mol. The van der Waals surface area contributed by atoms with Gasteiger partial charge in [0.05, 0.1) is 5.56 Å². The largest absolute Gasteiger partial charge is 0.398 e. The Hall–Kier alpha value is -1.55. The van der Waals surface area contributed by atoms with Crippen molar-refractivity contribution in [3.8, 4) is 11.5 Å². The van der Waals surface area contributed by atoms with Gasteiger partial charge < -0.3 is 10.3 Å². The van der Waals surface area contributed by atoms with Crippen LogP contribution >= 0.6 is 11.6 Å². The summed E-state index contributed by atoms with van der Waals surface area (Å²) in [5.41, 5.74) is 7.21. The maximum absolute atomic E-state index is 5.90. The molecule has 0 saturated heterocycles. The molecule has 0 unspecified atom stereocenters. The van der Waals surface area contributed by atoms with Gasteiger partial charge in [0.25, 0.3) is 5.89 Å². The quantitative estimate of drug-likeness (QED) is 0.841. The molecule has 1 aromatic heterocycles. The lowest BCUT2D eigenvalue weighted by Crippen LogP contribution is -1.95. The van der Waals surface area contributed by atoms with Gasteiger partial charge in [-0.2, -0.15) is 4.98 Å². The molecule has 1 aromatic carbocycles. The highest BCUT2D eigenvalue weighted by Crippen LogP contribution is 2.34. The van der Waals surface area contributed by atoms with E-state index in [-0.39, 0.29) is 0 Å². The Labute approximate surface area is 110 Å². The first-order valence-corrected chi connectivity index (χ1v) is 6.51. The molecule has 2 N–H and O–H groups in total. The van der Waals surface area contributed by atoms with E-state index in [2.05, 4.69) is 10.1 Å². The van der Waals surface area contributed by atoms with Crippen LogP contribution < -0.4 is 5.73 Å². The smallest absolute Gasteiger partial charge is 0.260 e. The average Bonchev–Trinajstić information content (AvgIpc) is 2.99. The second-order valence-corrected chi connectivity index (χ2v) is 5.11. The summed E-state index contributed by atoms with van der Waals surface area (Å²) < 4.78 is 5.30. The Morgan fingerprint density at radius 2 is 2.06 bits per heavy atom.